The van der Waals surface area contributed by atoms with E-state index in [1.807, 2.05) is 16.8 Å². The van der Waals surface area contributed by atoms with Crippen LogP contribution >= 0.6 is 0 Å². The fourth-order valence-electron chi connectivity index (χ4n) is 3.93. The number of hydrogen-bond donors (Lipinski definition) is 0. The Kier molecular flexibility index (Phi) is 4.39. The number of aliphatic imine (C=N–C) groups is 1. The van der Waals surface area contributed by atoms with Gasteiger partial charge in [0.1, 0.15) is 5.69 Å². The second-order valence-electron chi connectivity index (χ2n) is 8.86. The third-order valence-electron chi connectivity index (χ3n) is 5.68. The number of nitrogens with zero attached hydrogens (tertiary/aromatic N) is 3. The maximum absolute atomic E-state index is 4.99. The zero-order valence-electron chi connectivity index (χ0n) is 17.6. The molecule has 4 aromatic rings. The fourth-order valence-corrected chi connectivity index (χ4v) is 3.93. The Hall–Kier alpha value is -3.46. The zero-order chi connectivity index (χ0) is 20.7. The maximum atomic E-state index is 4.99. The van der Waals surface area contributed by atoms with Crippen LogP contribution in [-0.2, 0) is 11.8 Å². The fraction of sp³-hybridized carbons (Fsp3) is 0.185. The topological polar surface area (TPSA) is 30.2 Å². The summed E-state index contributed by atoms with van der Waals surface area (Å²) < 4.78 is 1.98. The lowest BCUT2D eigenvalue weighted by Crippen LogP contribution is -2.10. The Labute approximate surface area is 177 Å². The highest BCUT2D eigenvalue weighted by atomic mass is 15.3. The smallest absolute Gasteiger partial charge is 0.102 e. The van der Waals surface area contributed by atoms with Crippen molar-refractivity contribution in [2.75, 3.05) is 0 Å². The molecule has 0 spiro atoms. The summed E-state index contributed by atoms with van der Waals surface area (Å²) in [7, 11) is 0. The first-order valence-corrected chi connectivity index (χ1v) is 10.4. The molecule has 0 saturated heterocycles. The minimum absolute atomic E-state index is 0.132. The van der Waals surface area contributed by atoms with E-state index < -0.39 is 0 Å². The number of hydrogen-bond acceptors (Lipinski definition) is 2. The minimum Gasteiger partial charge on any atom is -0.252 e. The third kappa shape index (κ3) is 3.37. The highest BCUT2D eigenvalue weighted by Gasteiger charge is 2.22. The monoisotopic (exact) mass is 391 g/mol. The number of fused-ring (bicyclic) bond motifs is 1. The number of aromatic nitrogens is 2. The molecule has 3 nitrogen and oxygen atoms in total. The van der Waals surface area contributed by atoms with Crippen LogP contribution in [-0.4, -0.2) is 15.5 Å². The van der Waals surface area contributed by atoms with E-state index >= 15 is 0 Å². The van der Waals surface area contributed by atoms with Gasteiger partial charge in [0.2, 0.25) is 0 Å². The van der Waals surface area contributed by atoms with Gasteiger partial charge in [-0.05, 0) is 34.7 Å². The van der Waals surface area contributed by atoms with Crippen molar-refractivity contribution in [2.24, 2.45) is 4.99 Å². The number of benzene rings is 3. The molecule has 0 saturated carbocycles. The van der Waals surface area contributed by atoms with E-state index in [2.05, 4.69) is 93.7 Å². The van der Waals surface area contributed by atoms with E-state index in [-0.39, 0.29) is 5.41 Å². The van der Waals surface area contributed by atoms with Gasteiger partial charge < -0.3 is 0 Å². The van der Waals surface area contributed by atoms with Gasteiger partial charge in [0.05, 0.1) is 17.1 Å². The molecule has 2 heterocycles. The standard InChI is InChI=1S/C27H25N3/c1-27(2,3)21-13-15-22(16-14-21)30-18-23(26(29-30)19-9-5-4-6-10-19)25-17-20-11-7-8-12-24(20)28-25/h4-16,18H,17H2,1-3H3. The summed E-state index contributed by atoms with van der Waals surface area (Å²) >= 11 is 0. The van der Waals surface area contributed by atoms with Gasteiger partial charge in [0, 0.05) is 23.7 Å². The molecular weight excluding hydrogens is 366 g/mol. The van der Waals surface area contributed by atoms with E-state index in [4.69, 9.17) is 10.1 Å². The van der Waals surface area contributed by atoms with Gasteiger partial charge in [-0.25, -0.2) is 4.68 Å². The van der Waals surface area contributed by atoms with E-state index in [1.54, 1.807) is 0 Å². The van der Waals surface area contributed by atoms with Crippen LogP contribution in [0.2, 0.25) is 0 Å². The summed E-state index contributed by atoms with van der Waals surface area (Å²) in [5, 5.41) is 4.99. The molecule has 0 unspecified atom stereocenters. The highest BCUT2D eigenvalue weighted by Crippen LogP contribution is 2.33. The molecule has 1 aliphatic heterocycles. The molecule has 30 heavy (non-hydrogen) atoms. The molecule has 0 atom stereocenters. The predicted molar refractivity (Wildman–Crippen MR) is 124 cm³/mol. The van der Waals surface area contributed by atoms with Gasteiger partial charge in [-0.1, -0.05) is 81.4 Å². The molecule has 0 radical (unpaired) electrons. The molecule has 1 aromatic heterocycles. The first-order chi connectivity index (χ1) is 14.5. The van der Waals surface area contributed by atoms with Crippen LogP contribution in [0.4, 0.5) is 5.69 Å². The van der Waals surface area contributed by atoms with Crippen LogP contribution in [0.1, 0.15) is 37.5 Å². The van der Waals surface area contributed by atoms with Crippen molar-refractivity contribution in [1.82, 2.24) is 9.78 Å². The number of para-hydroxylation sites is 1. The van der Waals surface area contributed by atoms with Crippen molar-refractivity contribution in [3.8, 4) is 16.9 Å². The molecule has 3 aromatic carbocycles. The normalized spacial score (nSPS) is 13.2. The first kappa shape index (κ1) is 18.6. The van der Waals surface area contributed by atoms with Crippen molar-refractivity contribution in [3.05, 3.63) is 102 Å². The van der Waals surface area contributed by atoms with Crippen LogP contribution in [0.15, 0.2) is 90.1 Å². The van der Waals surface area contributed by atoms with Gasteiger partial charge in [-0.3, -0.25) is 4.99 Å². The van der Waals surface area contributed by atoms with Gasteiger partial charge in [-0.2, -0.15) is 5.10 Å². The van der Waals surface area contributed by atoms with E-state index in [0.717, 1.165) is 40.3 Å². The lowest BCUT2D eigenvalue weighted by atomic mass is 9.87. The summed E-state index contributed by atoms with van der Waals surface area (Å²) in [5.41, 5.74) is 9.10. The summed E-state index contributed by atoms with van der Waals surface area (Å²) in [6, 6.07) is 27.4. The van der Waals surface area contributed by atoms with Gasteiger partial charge in [0.25, 0.3) is 0 Å². The molecule has 0 amide bonds. The SMILES string of the molecule is CC(C)(C)c1ccc(-n2cc(C3=Nc4ccccc4C3)c(-c3ccccc3)n2)cc1. The molecular formula is C27H25N3. The Balaban J connectivity index is 1.60. The first-order valence-electron chi connectivity index (χ1n) is 10.4. The van der Waals surface area contributed by atoms with Crippen molar-refractivity contribution in [3.63, 3.8) is 0 Å². The Bertz CT molecular complexity index is 1220. The summed E-state index contributed by atoms with van der Waals surface area (Å²) in [6.07, 6.45) is 2.96. The van der Waals surface area contributed by atoms with Gasteiger partial charge >= 0.3 is 0 Å². The molecule has 3 heteroatoms. The van der Waals surface area contributed by atoms with Crippen molar-refractivity contribution >= 4 is 11.4 Å². The van der Waals surface area contributed by atoms with Crippen LogP contribution in [0.25, 0.3) is 16.9 Å². The molecule has 0 fully saturated rings. The van der Waals surface area contributed by atoms with Crippen LogP contribution < -0.4 is 0 Å². The van der Waals surface area contributed by atoms with Crippen molar-refractivity contribution in [2.45, 2.75) is 32.6 Å². The van der Waals surface area contributed by atoms with Crippen LogP contribution in [0.3, 0.4) is 0 Å². The quantitative estimate of drug-likeness (QED) is 0.391. The van der Waals surface area contributed by atoms with E-state index in [0.29, 0.717) is 0 Å². The van der Waals surface area contributed by atoms with E-state index in [1.165, 1.54) is 11.1 Å². The third-order valence-corrected chi connectivity index (χ3v) is 5.68. The average Bonchev–Trinajstić information content (AvgIpc) is 3.38. The second-order valence-corrected chi connectivity index (χ2v) is 8.86. The van der Waals surface area contributed by atoms with Crippen molar-refractivity contribution in [1.29, 1.82) is 0 Å². The molecule has 0 bridgehead atoms. The Morgan fingerprint density at radius 1 is 0.800 bits per heavy atom. The lowest BCUT2D eigenvalue weighted by molar-refractivity contribution is 0.590. The molecule has 1 aliphatic rings. The van der Waals surface area contributed by atoms with E-state index in [9.17, 15) is 0 Å². The summed E-state index contributed by atoms with van der Waals surface area (Å²) in [6.45, 7) is 6.70. The molecule has 0 aliphatic carbocycles. The summed E-state index contributed by atoms with van der Waals surface area (Å²) in [4.78, 5) is 4.92. The Morgan fingerprint density at radius 3 is 2.20 bits per heavy atom. The zero-order valence-corrected chi connectivity index (χ0v) is 17.6. The molecule has 148 valence electrons. The Morgan fingerprint density at radius 2 is 1.50 bits per heavy atom. The minimum atomic E-state index is 0.132. The molecule has 5 rings (SSSR count). The highest BCUT2D eigenvalue weighted by molar-refractivity contribution is 6.10. The predicted octanol–water partition coefficient (Wildman–Crippen LogP) is 6.51. The second kappa shape index (κ2) is 7.10. The van der Waals surface area contributed by atoms with Crippen molar-refractivity contribution < 1.29 is 0 Å². The van der Waals surface area contributed by atoms with Crippen LogP contribution in [0, 0.1) is 0 Å². The largest absolute Gasteiger partial charge is 0.252 e. The van der Waals surface area contributed by atoms with Gasteiger partial charge in [-0.15, -0.1) is 0 Å². The van der Waals surface area contributed by atoms with Crippen LogP contribution in [0.5, 0.6) is 0 Å². The average molecular weight is 392 g/mol. The maximum Gasteiger partial charge on any atom is 0.102 e. The number of rotatable bonds is 3. The lowest BCUT2D eigenvalue weighted by Gasteiger charge is -2.19. The molecule has 0 N–H and O–H groups in total. The van der Waals surface area contributed by atoms with Gasteiger partial charge in [0.15, 0.2) is 0 Å². The summed E-state index contributed by atoms with van der Waals surface area (Å²) in [5.74, 6) is 0.